The normalized spacial score (nSPS) is 20.7. The molecule has 0 radical (unpaired) electrons. The fourth-order valence-corrected chi connectivity index (χ4v) is 4.69. The third-order valence-electron chi connectivity index (χ3n) is 6.14. The number of rotatable bonds is 8. The van der Waals surface area contributed by atoms with Gasteiger partial charge in [-0.1, -0.05) is 26.7 Å². The minimum absolute atomic E-state index is 0. The van der Waals surface area contributed by atoms with E-state index in [-0.39, 0.29) is 35.3 Å². The molecule has 0 aromatic heterocycles. The Balaban J connectivity index is 0.00000392. The Kier molecular flexibility index (Phi) is 11.1. The van der Waals surface area contributed by atoms with Crippen molar-refractivity contribution in [1.82, 2.24) is 20.4 Å². The Morgan fingerprint density at radius 2 is 1.71 bits per heavy atom. The molecule has 1 aliphatic carbocycles. The molecule has 164 valence electrons. The molecule has 1 heterocycles. The second-order valence-electron chi connectivity index (χ2n) is 9.02. The van der Waals surface area contributed by atoms with Crippen LogP contribution in [0.4, 0.5) is 0 Å². The largest absolute Gasteiger partial charge is 0.355 e. The summed E-state index contributed by atoms with van der Waals surface area (Å²) in [5.41, 5.74) is -0.270. The number of halogens is 1. The third-order valence-corrected chi connectivity index (χ3v) is 6.14. The number of amides is 1. The van der Waals surface area contributed by atoms with E-state index >= 15 is 0 Å². The minimum Gasteiger partial charge on any atom is -0.355 e. The number of nitrogens with zero attached hydrogens (tertiary/aromatic N) is 3. The van der Waals surface area contributed by atoms with Crippen molar-refractivity contribution in [3.8, 4) is 0 Å². The van der Waals surface area contributed by atoms with Gasteiger partial charge in [0.15, 0.2) is 5.96 Å². The van der Waals surface area contributed by atoms with Gasteiger partial charge >= 0.3 is 0 Å². The highest BCUT2D eigenvalue weighted by molar-refractivity contribution is 14.0. The molecule has 2 N–H and O–H groups in total. The monoisotopic (exact) mass is 507 g/mol. The Hall–Kier alpha value is -0.570. The van der Waals surface area contributed by atoms with Gasteiger partial charge in [0.2, 0.25) is 5.91 Å². The fraction of sp³-hybridized carbons (Fsp3) is 0.905. The second-order valence-corrected chi connectivity index (χ2v) is 9.02. The third kappa shape index (κ3) is 7.04. The Labute approximate surface area is 189 Å². The summed E-state index contributed by atoms with van der Waals surface area (Å²) in [6.45, 7) is 8.60. The van der Waals surface area contributed by atoms with Crippen molar-refractivity contribution in [1.29, 1.82) is 0 Å². The minimum atomic E-state index is -0.270. The van der Waals surface area contributed by atoms with Gasteiger partial charge in [0.1, 0.15) is 0 Å². The lowest BCUT2D eigenvalue weighted by molar-refractivity contribution is -0.138. The average molecular weight is 508 g/mol. The quantitative estimate of drug-likeness (QED) is 0.302. The van der Waals surface area contributed by atoms with Crippen molar-refractivity contribution in [3.05, 3.63) is 0 Å². The molecule has 1 saturated heterocycles. The maximum absolute atomic E-state index is 12.7. The average Bonchev–Trinajstić information content (AvgIpc) is 3.32. The van der Waals surface area contributed by atoms with E-state index in [1.807, 2.05) is 21.1 Å². The van der Waals surface area contributed by atoms with Crippen LogP contribution in [0.3, 0.4) is 0 Å². The molecule has 2 aliphatic rings. The smallest absolute Gasteiger partial charge is 0.230 e. The zero-order valence-electron chi connectivity index (χ0n) is 18.6. The highest BCUT2D eigenvalue weighted by Gasteiger charge is 2.42. The number of guanidine groups is 1. The van der Waals surface area contributed by atoms with Crippen LogP contribution in [0.15, 0.2) is 4.99 Å². The lowest BCUT2D eigenvalue weighted by Crippen LogP contribution is -2.51. The maximum Gasteiger partial charge on any atom is 0.230 e. The van der Waals surface area contributed by atoms with Crippen LogP contribution < -0.4 is 10.6 Å². The molecule has 1 unspecified atom stereocenters. The lowest BCUT2D eigenvalue weighted by atomic mass is 9.84. The first-order chi connectivity index (χ1) is 12.9. The van der Waals surface area contributed by atoms with Crippen LogP contribution in [0, 0.1) is 11.3 Å². The predicted molar refractivity (Wildman–Crippen MR) is 128 cm³/mol. The summed E-state index contributed by atoms with van der Waals surface area (Å²) in [5, 5.41) is 6.99. The fourth-order valence-electron chi connectivity index (χ4n) is 4.69. The maximum atomic E-state index is 12.7. The van der Waals surface area contributed by atoms with Gasteiger partial charge in [-0.25, -0.2) is 0 Å². The van der Waals surface area contributed by atoms with E-state index in [4.69, 9.17) is 0 Å². The topological polar surface area (TPSA) is 60.0 Å². The SMILES string of the molecule is CN=C(NCC(CC(C)C)N1CCCC1)NCC1(C(=O)N(C)C)CCCC1.I. The summed E-state index contributed by atoms with van der Waals surface area (Å²) in [5.74, 6) is 1.75. The molecule has 2 rings (SSSR count). The van der Waals surface area contributed by atoms with Crippen molar-refractivity contribution in [3.63, 3.8) is 0 Å². The lowest BCUT2D eigenvalue weighted by Gasteiger charge is -2.32. The summed E-state index contributed by atoms with van der Waals surface area (Å²) in [6.07, 6.45) is 8.05. The van der Waals surface area contributed by atoms with Gasteiger partial charge in [0.25, 0.3) is 0 Å². The first-order valence-corrected chi connectivity index (χ1v) is 10.8. The molecule has 7 heteroatoms. The highest BCUT2D eigenvalue weighted by atomic mass is 127. The zero-order chi connectivity index (χ0) is 19.9. The molecule has 0 aromatic carbocycles. The van der Waals surface area contributed by atoms with Crippen LogP contribution in [0.1, 0.15) is 58.8 Å². The van der Waals surface area contributed by atoms with Crippen molar-refractivity contribution in [2.24, 2.45) is 16.3 Å². The van der Waals surface area contributed by atoms with Gasteiger partial charge in [-0.15, -0.1) is 24.0 Å². The van der Waals surface area contributed by atoms with E-state index in [2.05, 4.69) is 34.4 Å². The van der Waals surface area contributed by atoms with Crippen molar-refractivity contribution in [2.75, 3.05) is 47.3 Å². The predicted octanol–water partition coefficient (Wildman–Crippen LogP) is 2.93. The van der Waals surface area contributed by atoms with Crippen LogP contribution >= 0.6 is 24.0 Å². The van der Waals surface area contributed by atoms with Gasteiger partial charge in [-0.05, 0) is 51.1 Å². The van der Waals surface area contributed by atoms with Crippen LogP contribution in [0.5, 0.6) is 0 Å². The number of carbonyl (C=O) groups excluding carboxylic acids is 1. The highest BCUT2D eigenvalue weighted by Crippen LogP contribution is 2.38. The Morgan fingerprint density at radius 1 is 1.11 bits per heavy atom. The summed E-state index contributed by atoms with van der Waals surface area (Å²) in [6, 6.07) is 0.551. The van der Waals surface area contributed by atoms with Gasteiger partial charge in [0.05, 0.1) is 5.41 Å². The summed E-state index contributed by atoms with van der Waals surface area (Å²) in [7, 11) is 5.54. The van der Waals surface area contributed by atoms with Crippen LogP contribution in [0.25, 0.3) is 0 Å². The molecule has 1 aliphatic heterocycles. The first kappa shape index (κ1) is 25.5. The molecule has 28 heavy (non-hydrogen) atoms. The van der Waals surface area contributed by atoms with E-state index in [0.29, 0.717) is 18.5 Å². The Morgan fingerprint density at radius 3 is 2.21 bits per heavy atom. The molecule has 1 atom stereocenters. The number of hydrogen-bond acceptors (Lipinski definition) is 3. The van der Waals surface area contributed by atoms with Crippen LogP contribution in [-0.2, 0) is 4.79 Å². The van der Waals surface area contributed by atoms with Gasteiger partial charge in [-0.3, -0.25) is 14.7 Å². The summed E-state index contributed by atoms with van der Waals surface area (Å²) >= 11 is 0. The van der Waals surface area contributed by atoms with Gasteiger partial charge in [-0.2, -0.15) is 0 Å². The van der Waals surface area contributed by atoms with E-state index in [1.54, 1.807) is 4.90 Å². The summed E-state index contributed by atoms with van der Waals surface area (Å²) in [4.78, 5) is 21.5. The van der Waals surface area contributed by atoms with Gasteiger partial charge < -0.3 is 15.5 Å². The molecule has 1 saturated carbocycles. The standard InChI is InChI=1S/C21H41N5O.HI/c1-17(2)14-18(26-12-8-9-13-26)15-23-20(22-3)24-16-21(10-6-7-11-21)19(27)25(4)5;/h17-18H,6-16H2,1-5H3,(H2,22,23,24);1H. The molecular formula is C21H42IN5O. The number of aliphatic imine (C=N–C) groups is 1. The van der Waals surface area contributed by atoms with Crippen LogP contribution in [-0.4, -0.2) is 75.0 Å². The van der Waals surface area contributed by atoms with Gasteiger partial charge in [0, 0.05) is 40.3 Å². The molecule has 0 aromatic rings. The molecule has 2 fully saturated rings. The molecular weight excluding hydrogens is 465 g/mol. The molecule has 0 spiro atoms. The number of likely N-dealkylation sites (tertiary alicyclic amines) is 1. The van der Waals surface area contributed by atoms with E-state index in [9.17, 15) is 4.79 Å². The first-order valence-electron chi connectivity index (χ1n) is 10.8. The van der Waals surface area contributed by atoms with Crippen LogP contribution in [0.2, 0.25) is 0 Å². The molecule has 6 nitrogen and oxygen atoms in total. The molecule has 0 bridgehead atoms. The Bertz CT molecular complexity index is 497. The summed E-state index contributed by atoms with van der Waals surface area (Å²) < 4.78 is 0. The van der Waals surface area contributed by atoms with E-state index < -0.39 is 0 Å². The number of hydrogen-bond donors (Lipinski definition) is 2. The van der Waals surface area contributed by atoms with Crippen molar-refractivity contribution < 1.29 is 4.79 Å². The van der Waals surface area contributed by atoms with Crippen molar-refractivity contribution in [2.45, 2.75) is 64.8 Å². The van der Waals surface area contributed by atoms with Crippen molar-refractivity contribution >= 4 is 35.8 Å². The number of carbonyl (C=O) groups is 1. The number of nitrogens with one attached hydrogen (secondary N) is 2. The zero-order valence-corrected chi connectivity index (χ0v) is 20.9. The van der Waals surface area contributed by atoms with E-state index in [1.165, 1.54) is 32.4 Å². The second kappa shape index (κ2) is 12.2. The van der Waals surface area contributed by atoms with E-state index in [0.717, 1.165) is 38.2 Å². The molecule has 1 amide bonds.